The summed E-state index contributed by atoms with van der Waals surface area (Å²) in [5.74, 6) is 0. The first-order valence-electron chi connectivity index (χ1n) is 14.3. The predicted molar refractivity (Wildman–Crippen MR) is 171 cm³/mol. The third-order valence-electron chi connectivity index (χ3n) is 9.19. The molecule has 41 heavy (non-hydrogen) atoms. The third-order valence-corrected chi connectivity index (χ3v) is 9.19. The van der Waals surface area contributed by atoms with E-state index in [9.17, 15) is 0 Å². The largest absolute Gasteiger partial charge is 0.456 e. The molecule has 0 spiro atoms. The molecular formula is C39H27NO. The van der Waals surface area contributed by atoms with Gasteiger partial charge in [0.05, 0.1) is 11.0 Å². The molecule has 2 heteroatoms. The van der Waals surface area contributed by atoms with Crippen molar-refractivity contribution in [1.29, 1.82) is 0 Å². The Kier molecular flexibility index (Phi) is 4.42. The quantitative estimate of drug-likeness (QED) is 0.219. The number of hydrogen-bond donors (Lipinski definition) is 0. The van der Waals surface area contributed by atoms with Gasteiger partial charge in [0, 0.05) is 32.6 Å². The third kappa shape index (κ3) is 3.08. The summed E-state index contributed by atoms with van der Waals surface area (Å²) in [7, 11) is 0. The Morgan fingerprint density at radius 3 is 2.05 bits per heavy atom. The van der Waals surface area contributed by atoms with Crippen LogP contribution < -0.4 is 0 Å². The molecule has 0 bridgehead atoms. The minimum Gasteiger partial charge on any atom is -0.456 e. The summed E-state index contributed by atoms with van der Waals surface area (Å²) in [6.07, 6.45) is 0. The Morgan fingerprint density at radius 2 is 1.17 bits per heavy atom. The van der Waals surface area contributed by atoms with Gasteiger partial charge in [0.15, 0.2) is 0 Å². The van der Waals surface area contributed by atoms with Crippen LogP contribution in [0, 0.1) is 0 Å². The molecule has 0 radical (unpaired) electrons. The van der Waals surface area contributed by atoms with Gasteiger partial charge >= 0.3 is 0 Å². The predicted octanol–water partition coefficient (Wildman–Crippen LogP) is 10.7. The molecule has 0 aliphatic heterocycles. The molecule has 1 aliphatic rings. The summed E-state index contributed by atoms with van der Waals surface area (Å²) in [5.41, 5.74) is 13.2. The summed E-state index contributed by atoms with van der Waals surface area (Å²) < 4.78 is 8.80. The van der Waals surface area contributed by atoms with Crippen molar-refractivity contribution in [3.05, 3.63) is 139 Å². The molecule has 2 nitrogen and oxygen atoms in total. The van der Waals surface area contributed by atoms with E-state index >= 15 is 0 Å². The van der Waals surface area contributed by atoms with Crippen LogP contribution in [0.1, 0.15) is 25.0 Å². The normalized spacial score (nSPS) is 13.8. The van der Waals surface area contributed by atoms with Crippen LogP contribution in [0.5, 0.6) is 0 Å². The van der Waals surface area contributed by atoms with Gasteiger partial charge in [-0.05, 0) is 88.0 Å². The van der Waals surface area contributed by atoms with Gasteiger partial charge in [-0.25, -0.2) is 0 Å². The molecule has 6 aromatic carbocycles. The van der Waals surface area contributed by atoms with Gasteiger partial charge in [-0.3, -0.25) is 0 Å². The number of furan rings is 1. The molecule has 0 unspecified atom stereocenters. The average molecular weight is 526 g/mol. The minimum atomic E-state index is -0.0431. The van der Waals surface area contributed by atoms with Crippen LogP contribution in [0.25, 0.3) is 71.7 Å². The fourth-order valence-electron chi connectivity index (χ4n) is 7.16. The molecule has 0 saturated heterocycles. The van der Waals surface area contributed by atoms with Crippen molar-refractivity contribution in [2.45, 2.75) is 19.3 Å². The summed E-state index contributed by atoms with van der Waals surface area (Å²) in [5, 5.41) is 4.86. The van der Waals surface area contributed by atoms with Crippen molar-refractivity contribution in [1.82, 2.24) is 4.57 Å². The van der Waals surface area contributed by atoms with Gasteiger partial charge in [-0.15, -0.1) is 0 Å². The summed E-state index contributed by atoms with van der Waals surface area (Å²) >= 11 is 0. The summed E-state index contributed by atoms with van der Waals surface area (Å²) in [6.45, 7) is 4.63. The number of aromatic nitrogens is 1. The standard InChI is InChI=1S/C39H27NO/c1-39(2)33-14-8-6-12-27(33)29-22-32-31-21-25(17-19-37(31)41-38(32)23-34(29)39)24-16-18-36-30(20-24)28-13-7-9-15-35(28)40(36)26-10-4-3-5-11-26/h3-23H,1-2H3. The number of nitrogens with zero attached hydrogens (tertiary/aromatic N) is 1. The van der Waals surface area contributed by atoms with E-state index in [1.165, 1.54) is 66.3 Å². The van der Waals surface area contributed by atoms with E-state index in [-0.39, 0.29) is 5.41 Å². The lowest BCUT2D eigenvalue weighted by molar-refractivity contribution is 0.647. The van der Waals surface area contributed by atoms with E-state index in [1.807, 2.05) is 0 Å². The fraction of sp³-hybridized carbons (Fsp3) is 0.0769. The van der Waals surface area contributed by atoms with Crippen LogP contribution in [0.15, 0.2) is 132 Å². The van der Waals surface area contributed by atoms with Crippen molar-refractivity contribution in [3.8, 4) is 27.9 Å². The highest BCUT2D eigenvalue weighted by Gasteiger charge is 2.36. The Morgan fingerprint density at radius 1 is 0.488 bits per heavy atom. The SMILES string of the molecule is CC1(C)c2ccccc2-c2cc3c(cc21)oc1ccc(-c2ccc4c(c2)c2ccccc2n4-c2ccccc2)cc13. The molecule has 194 valence electrons. The fourth-order valence-corrected chi connectivity index (χ4v) is 7.16. The zero-order valence-electron chi connectivity index (χ0n) is 23.0. The number of para-hydroxylation sites is 2. The van der Waals surface area contributed by atoms with Crippen molar-refractivity contribution in [3.63, 3.8) is 0 Å². The van der Waals surface area contributed by atoms with Crippen molar-refractivity contribution < 1.29 is 4.42 Å². The number of fused-ring (bicyclic) bond motifs is 9. The maximum Gasteiger partial charge on any atom is 0.135 e. The minimum absolute atomic E-state index is 0.0431. The van der Waals surface area contributed by atoms with Gasteiger partial charge in [0.25, 0.3) is 0 Å². The summed E-state index contributed by atoms with van der Waals surface area (Å²) in [6, 6.07) is 46.2. The van der Waals surface area contributed by atoms with E-state index in [0.717, 1.165) is 16.6 Å². The molecule has 2 aromatic heterocycles. The van der Waals surface area contributed by atoms with Crippen LogP contribution >= 0.6 is 0 Å². The Labute approximate surface area is 238 Å². The van der Waals surface area contributed by atoms with Crippen LogP contribution in [0.4, 0.5) is 0 Å². The van der Waals surface area contributed by atoms with E-state index in [0.29, 0.717) is 0 Å². The molecule has 0 saturated carbocycles. The monoisotopic (exact) mass is 525 g/mol. The lowest BCUT2D eigenvalue weighted by Gasteiger charge is -2.21. The molecule has 0 fully saturated rings. The number of rotatable bonds is 2. The first-order valence-corrected chi connectivity index (χ1v) is 14.3. The second-order valence-corrected chi connectivity index (χ2v) is 11.8. The smallest absolute Gasteiger partial charge is 0.135 e. The Bertz CT molecular complexity index is 2330. The number of benzene rings is 6. The van der Waals surface area contributed by atoms with Gasteiger partial charge in [-0.2, -0.15) is 0 Å². The van der Waals surface area contributed by atoms with Crippen LogP contribution in [0.3, 0.4) is 0 Å². The highest BCUT2D eigenvalue weighted by Crippen LogP contribution is 2.50. The van der Waals surface area contributed by atoms with Gasteiger partial charge in [0.1, 0.15) is 11.2 Å². The molecule has 8 aromatic rings. The topological polar surface area (TPSA) is 18.1 Å². The second kappa shape index (κ2) is 7.99. The summed E-state index contributed by atoms with van der Waals surface area (Å²) in [4.78, 5) is 0. The first kappa shape index (κ1) is 22.7. The molecule has 9 rings (SSSR count). The van der Waals surface area contributed by atoms with Crippen LogP contribution in [-0.4, -0.2) is 4.57 Å². The molecule has 0 amide bonds. The lowest BCUT2D eigenvalue weighted by Crippen LogP contribution is -2.14. The first-order chi connectivity index (χ1) is 20.1. The average Bonchev–Trinajstić information content (AvgIpc) is 3.62. The Hall–Kier alpha value is -5.08. The number of hydrogen-bond acceptors (Lipinski definition) is 1. The maximum absolute atomic E-state index is 6.44. The second-order valence-electron chi connectivity index (χ2n) is 11.8. The van der Waals surface area contributed by atoms with E-state index < -0.39 is 0 Å². The molecule has 0 N–H and O–H groups in total. The highest BCUT2D eigenvalue weighted by molar-refractivity contribution is 6.12. The van der Waals surface area contributed by atoms with Gasteiger partial charge in [-0.1, -0.05) is 86.6 Å². The van der Waals surface area contributed by atoms with E-state index in [4.69, 9.17) is 4.42 Å². The molecule has 1 aliphatic carbocycles. The Balaban J connectivity index is 1.25. The molecule has 0 atom stereocenters. The van der Waals surface area contributed by atoms with Crippen LogP contribution in [0.2, 0.25) is 0 Å². The van der Waals surface area contributed by atoms with Crippen molar-refractivity contribution in [2.75, 3.05) is 0 Å². The van der Waals surface area contributed by atoms with E-state index in [2.05, 4.69) is 146 Å². The zero-order valence-corrected chi connectivity index (χ0v) is 23.0. The van der Waals surface area contributed by atoms with Gasteiger partial charge < -0.3 is 8.98 Å². The van der Waals surface area contributed by atoms with Crippen molar-refractivity contribution >= 4 is 43.7 Å². The maximum atomic E-state index is 6.44. The molecule has 2 heterocycles. The van der Waals surface area contributed by atoms with Crippen LogP contribution in [-0.2, 0) is 5.41 Å². The van der Waals surface area contributed by atoms with E-state index in [1.54, 1.807) is 0 Å². The molecular weight excluding hydrogens is 498 g/mol. The highest BCUT2D eigenvalue weighted by atomic mass is 16.3. The lowest BCUT2D eigenvalue weighted by atomic mass is 9.82. The van der Waals surface area contributed by atoms with Gasteiger partial charge in [0.2, 0.25) is 0 Å². The zero-order chi connectivity index (χ0) is 27.3. The van der Waals surface area contributed by atoms with Crippen molar-refractivity contribution in [2.24, 2.45) is 0 Å².